The minimum absolute atomic E-state index is 0.0248. The van der Waals surface area contributed by atoms with Crippen molar-refractivity contribution in [1.82, 2.24) is 25.2 Å². The molecule has 6 aromatic carbocycles. The number of rotatable bonds is 10. The third kappa shape index (κ3) is 7.34. The van der Waals surface area contributed by atoms with Crippen LogP contribution in [0.4, 0.5) is 10.5 Å². The summed E-state index contributed by atoms with van der Waals surface area (Å²) in [4.78, 5) is 63.3. The van der Waals surface area contributed by atoms with E-state index in [1.54, 1.807) is 54.1 Å². The number of morpholine rings is 1. The standard InChI is InChI=1S/C53H44N6O8/c1-33(35-15-5-2-6-16-35)54-52(65)58-42-28-23-34(14-13-29-57-43-22-12-11-21-41(43)55-56-57)32-40(42)53(51(58)64)44(49(61)62)46-50(63)67-47(37-19-9-4-10-20-37)45(36-17-7-3-8-18-36)59(46)48(53)38-24-26-39(27-25-38)66-31-30-60/h2-12,15-28,32-33,44-48,60H,29-31H2,1H3,(H,54,65)(H,61,62). The molecule has 14 nitrogen and oxygen atoms in total. The van der Waals surface area contributed by atoms with Crippen LogP contribution >= 0.6 is 0 Å². The highest BCUT2D eigenvalue weighted by molar-refractivity contribution is 6.24. The van der Waals surface area contributed by atoms with Crippen molar-refractivity contribution in [3.63, 3.8) is 0 Å². The summed E-state index contributed by atoms with van der Waals surface area (Å²) in [6.45, 7) is 1.76. The first-order chi connectivity index (χ1) is 32.7. The molecule has 3 aliphatic heterocycles. The Balaban J connectivity index is 1.20. The number of carboxylic acid groups (broad SMARTS) is 1. The van der Waals surface area contributed by atoms with Gasteiger partial charge in [0.05, 0.1) is 35.9 Å². The Bertz CT molecular complexity index is 3060. The Morgan fingerprint density at radius 3 is 2.19 bits per heavy atom. The quantitative estimate of drug-likeness (QED) is 0.0946. The summed E-state index contributed by atoms with van der Waals surface area (Å²) in [7, 11) is 0. The van der Waals surface area contributed by atoms with Gasteiger partial charge in [0, 0.05) is 5.56 Å². The molecule has 14 heteroatoms. The normalized spacial score (nSPS) is 22.4. The SMILES string of the molecule is CC(NC(=O)N1C(=O)C2(c3cc(C#CCn4nnc5ccccc54)ccc31)C(C(=O)O)C1C(=O)OC(c3ccccc3)C(c3ccccc3)N1C2c1ccc(OCCO)cc1)c1ccccc1. The number of ether oxygens (including phenoxy) is 2. The van der Waals surface area contributed by atoms with Crippen LogP contribution < -0.4 is 15.0 Å². The number of aliphatic carboxylic acids is 1. The third-order valence-electron chi connectivity index (χ3n) is 13.0. The van der Waals surface area contributed by atoms with Gasteiger partial charge >= 0.3 is 18.0 Å². The zero-order valence-electron chi connectivity index (χ0n) is 36.2. The summed E-state index contributed by atoms with van der Waals surface area (Å²) in [6.07, 6.45) is -0.946. The summed E-state index contributed by atoms with van der Waals surface area (Å²) >= 11 is 0. The van der Waals surface area contributed by atoms with E-state index in [4.69, 9.17) is 9.47 Å². The molecule has 7 atom stereocenters. The van der Waals surface area contributed by atoms with E-state index in [0.717, 1.165) is 16.0 Å². The molecule has 2 fully saturated rings. The summed E-state index contributed by atoms with van der Waals surface area (Å²) in [5.41, 5.74) is 2.77. The lowest BCUT2D eigenvalue weighted by Crippen LogP contribution is -2.54. The Hall–Kier alpha value is -8.12. The van der Waals surface area contributed by atoms with Gasteiger partial charge in [0.15, 0.2) is 0 Å². The molecule has 4 heterocycles. The van der Waals surface area contributed by atoms with E-state index < -0.39 is 65.5 Å². The van der Waals surface area contributed by atoms with Crippen LogP contribution in [0.5, 0.6) is 5.75 Å². The molecule has 3 N–H and O–H groups in total. The van der Waals surface area contributed by atoms with E-state index in [9.17, 15) is 24.6 Å². The first kappa shape index (κ1) is 42.8. The summed E-state index contributed by atoms with van der Waals surface area (Å²) in [6, 6.07) is 42.2. The van der Waals surface area contributed by atoms with Gasteiger partial charge in [0.1, 0.15) is 47.9 Å². The summed E-state index contributed by atoms with van der Waals surface area (Å²) in [5.74, 6) is 1.90. The molecule has 3 amide bonds. The van der Waals surface area contributed by atoms with Crippen molar-refractivity contribution >= 4 is 40.6 Å². The smallest absolute Gasteiger partial charge is 0.329 e. The number of urea groups is 1. The monoisotopic (exact) mass is 892 g/mol. The van der Waals surface area contributed by atoms with Gasteiger partial charge < -0.3 is 25.0 Å². The molecule has 3 aliphatic rings. The molecule has 7 unspecified atom stereocenters. The molecule has 7 aromatic rings. The van der Waals surface area contributed by atoms with Gasteiger partial charge in [-0.1, -0.05) is 132 Å². The third-order valence-corrected chi connectivity index (χ3v) is 13.0. The topological polar surface area (TPSA) is 176 Å². The number of nitrogens with one attached hydrogen (secondary N) is 1. The number of anilines is 1. The number of aliphatic hydroxyl groups is 1. The van der Waals surface area contributed by atoms with Crippen LogP contribution in [-0.2, 0) is 31.1 Å². The number of cyclic esters (lactones) is 1. The Kier molecular flexibility index (Phi) is 11.3. The highest BCUT2D eigenvalue weighted by Gasteiger charge is 2.76. The van der Waals surface area contributed by atoms with E-state index in [2.05, 4.69) is 27.5 Å². The average molecular weight is 893 g/mol. The highest BCUT2D eigenvalue weighted by Crippen LogP contribution is 2.66. The number of benzene rings is 6. The number of nitrogens with zero attached hydrogens (tertiary/aromatic N) is 5. The number of fused-ring (bicyclic) bond motifs is 4. The maximum atomic E-state index is 16.2. The van der Waals surface area contributed by atoms with Crippen LogP contribution in [0.3, 0.4) is 0 Å². The second-order valence-electron chi connectivity index (χ2n) is 16.7. The van der Waals surface area contributed by atoms with Gasteiger partial charge in [-0.15, -0.1) is 5.10 Å². The van der Waals surface area contributed by atoms with E-state index in [0.29, 0.717) is 33.5 Å². The minimum atomic E-state index is -2.15. The maximum absolute atomic E-state index is 16.2. The summed E-state index contributed by atoms with van der Waals surface area (Å²) < 4.78 is 13.8. The number of para-hydroxylation sites is 1. The molecule has 0 saturated carbocycles. The van der Waals surface area contributed by atoms with Gasteiger partial charge in [0.25, 0.3) is 0 Å². The summed E-state index contributed by atoms with van der Waals surface area (Å²) in [5, 5.41) is 32.7. The van der Waals surface area contributed by atoms with Crippen molar-refractivity contribution in [2.24, 2.45) is 5.92 Å². The fourth-order valence-corrected chi connectivity index (χ4v) is 10.2. The first-order valence-corrected chi connectivity index (χ1v) is 22.0. The van der Waals surface area contributed by atoms with Crippen molar-refractivity contribution < 1.29 is 38.9 Å². The van der Waals surface area contributed by atoms with Crippen molar-refractivity contribution in [2.45, 2.75) is 49.2 Å². The Morgan fingerprint density at radius 2 is 1.49 bits per heavy atom. The van der Waals surface area contributed by atoms with E-state index >= 15 is 4.79 Å². The number of hydrogen-bond donors (Lipinski definition) is 3. The van der Waals surface area contributed by atoms with Crippen LogP contribution in [0.2, 0.25) is 0 Å². The number of carbonyl (C=O) groups excluding carboxylic acids is 3. The lowest BCUT2D eigenvalue weighted by molar-refractivity contribution is -0.179. The van der Waals surface area contributed by atoms with E-state index in [1.807, 2.05) is 120 Å². The first-order valence-electron chi connectivity index (χ1n) is 22.0. The van der Waals surface area contributed by atoms with Crippen LogP contribution in [0, 0.1) is 17.8 Å². The molecule has 1 spiro atoms. The lowest BCUT2D eigenvalue weighted by atomic mass is 9.65. The molecular weight excluding hydrogens is 849 g/mol. The maximum Gasteiger partial charge on any atom is 0.329 e. The van der Waals surface area contributed by atoms with Crippen LogP contribution in [0.1, 0.15) is 64.5 Å². The van der Waals surface area contributed by atoms with Gasteiger partial charge in [0.2, 0.25) is 5.91 Å². The molecule has 2 saturated heterocycles. The van der Waals surface area contributed by atoms with Crippen LogP contribution in [-0.4, -0.2) is 73.2 Å². The van der Waals surface area contributed by atoms with Gasteiger partial charge in [-0.3, -0.25) is 19.3 Å². The van der Waals surface area contributed by atoms with Gasteiger partial charge in [-0.2, -0.15) is 0 Å². The number of carboxylic acids is 1. The molecule has 1 aromatic heterocycles. The number of aliphatic hydroxyl groups excluding tert-OH is 1. The number of hydrogen-bond acceptors (Lipinski definition) is 10. The average Bonchev–Trinajstić information content (AvgIpc) is 4.00. The second kappa shape index (κ2) is 17.7. The van der Waals surface area contributed by atoms with Crippen molar-refractivity contribution in [3.05, 3.63) is 191 Å². The van der Waals surface area contributed by atoms with Crippen molar-refractivity contribution in [2.75, 3.05) is 18.1 Å². The van der Waals surface area contributed by atoms with Gasteiger partial charge in [-0.25, -0.2) is 14.4 Å². The Morgan fingerprint density at radius 1 is 0.821 bits per heavy atom. The minimum Gasteiger partial charge on any atom is -0.491 e. The Labute approximate surface area is 385 Å². The van der Waals surface area contributed by atoms with Crippen LogP contribution in [0.15, 0.2) is 158 Å². The molecule has 0 bridgehead atoms. The highest BCUT2D eigenvalue weighted by atomic mass is 16.6. The molecule has 334 valence electrons. The van der Waals surface area contributed by atoms with Crippen molar-refractivity contribution in [1.29, 1.82) is 0 Å². The molecule has 0 radical (unpaired) electrons. The zero-order valence-corrected chi connectivity index (χ0v) is 36.2. The van der Waals surface area contributed by atoms with E-state index in [-0.39, 0.29) is 31.0 Å². The number of aromatic nitrogens is 3. The largest absolute Gasteiger partial charge is 0.491 e. The van der Waals surface area contributed by atoms with Crippen molar-refractivity contribution in [3.8, 4) is 17.6 Å². The predicted octanol–water partition coefficient (Wildman–Crippen LogP) is 7.08. The van der Waals surface area contributed by atoms with E-state index in [1.165, 1.54) is 0 Å². The number of imide groups is 1. The molecule has 10 rings (SSSR count). The molecular formula is C53H44N6O8. The fourth-order valence-electron chi connectivity index (χ4n) is 10.2. The number of esters is 1. The second-order valence-corrected chi connectivity index (χ2v) is 16.7. The molecule has 0 aliphatic carbocycles. The fraction of sp³-hybridized carbons (Fsp3) is 0.208. The number of amides is 3. The number of carbonyl (C=O) groups is 4. The lowest BCUT2D eigenvalue weighted by Gasteiger charge is -2.46. The molecule has 67 heavy (non-hydrogen) atoms. The van der Waals surface area contributed by atoms with Gasteiger partial charge in [-0.05, 0) is 77.2 Å². The van der Waals surface area contributed by atoms with Crippen LogP contribution in [0.25, 0.3) is 11.0 Å². The zero-order chi connectivity index (χ0) is 46.2. The predicted molar refractivity (Wildman–Crippen MR) is 246 cm³/mol.